The molecule has 0 aliphatic rings. The van der Waals surface area contributed by atoms with E-state index in [0.717, 1.165) is 66.6 Å². The molecule has 0 atom stereocenters. The van der Waals surface area contributed by atoms with Crippen LogP contribution >= 0.6 is 0 Å². The predicted octanol–water partition coefficient (Wildman–Crippen LogP) is 13.6. The fourth-order valence-corrected chi connectivity index (χ4v) is 9.75. The zero-order valence-corrected chi connectivity index (χ0v) is 33.9. The van der Waals surface area contributed by atoms with E-state index in [1.807, 2.05) is 30.7 Å². The number of pyridine rings is 3. The van der Waals surface area contributed by atoms with Gasteiger partial charge in [0.1, 0.15) is 28.4 Å². The standard InChI is InChI=1S/C53H41N5O/c1-30-11-7-12-31(2)46(30)41-22-23-42(47-32(3)13-8-14-33(47)4)50-49(41)39-21-19-37(28-44(39)51-55-25-26-57(50)51)59-36-18-20-38-40-17-10-24-54-52(40)58-45(29-56-53(58)43(38)27-36)48-34(5)15-9-16-35(48)6/h7-29H,1-6H3. The Balaban J connectivity index is 1.13. The maximum Gasteiger partial charge on any atom is 0.146 e. The van der Waals surface area contributed by atoms with Crippen molar-refractivity contribution < 1.29 is 4.74 Å². The molecule has 0 aliphatic heterocycles. The highest BCUT2D eigenvalue weighted by atomic mass is 16.5. The van der Waals surface area contributed by atoms with Crippen LogP contribution in [0.25, 0.3) is 88.3 Å². The molecule has 11 rings (SSSR count). The normalized spacial score (nSPS) is 11.9. The van der Waals surface area contributed by atoms with Crippen molar-refractivity contribution in [1.82, 2.24) is 23.8 Å². The molecule has 0 unspecified atom stereocenters. The van der Waals surface area contributed by atoms with Crippen LogP contribution in [0.15, 0.2) is 140 Å². The first-order chi connectivity index (χ1) is 28.8. The molecule has 6 aromatic carbocycles. The molecule has 0 saturated heterocycles. The molecule has 6 nitrogen and oxygen atoms in total. The first-order valence-corrected chi connectivity index (χ1v) is 20.2. The number of benzene rings is 6. The average Bonchev–Trinajstić information content (AvgIpc) is 3.90. The van der Waals surface area contributed by atoms with Gasteiger partial charge in [-0.25, -0.2) is 15.0 Å². The Kier molecular flexibility index (Phi) is 7.76. The first-order valence-electron chi connectivity index (χ1n) is 20.2. The van der Waals surface area contributed by atoms with Gasteiger partial charge in [-0.2, -0.15) is 0 Å². The third kappa shape index (κ3) is 5.22. The molecule has 0 saturated carbocycles. The second kappa shape index (κ2) is 13.1. The van der Waals surface area contributed by atoms with E-state index in [1.54, 1.807) is 0 Å². The Bertz CT molecular complexity index is 3490. The Morgan fingerprint density at radius 3 is 1.64 bits per heavy atom. The van der Waals surface area contributed by atoms with Crippen LogP contribution in [0.3, 0.4) is 0 Å². The predicted molar refractivity (Wildman–Crippen MR) is 243 cm³/mol. The zero-order chi connectivity index (χ0) is 40.1. The number of rotatable bonds is 5. The topological polar surface area (TPSA) is 56.7 Å². The van der Waals surface area contributed by atoms with Gasteiger partial charge in [0.2, 0.25) is 0 Å². The minimum absolute atomic E-state index is 0.729. The van der Waals surface area contributed by atoms with E-state index in [-0.39, 0.29) is 0 Å². The van der Waals surface area contributed by atoms with Crippen molar-refractivity contribution in [2.75, 3.05) is 0 Å². The van der Waals surface area contributed by atoms with E-state index in [0.29, 0.717) is 0 Å². The number of aromatic nitrogens is 5. The van der Waals surface area contributed by atoms with Gasteiger partial charge in [0.25, 0.3) is 0 Å². The van der Waals surface area contributed by atoms with Crippen LogP contribution in [0.2, 0.25) is 0 Å². The molecule has 5 heterocycles. The van der Waals surface area contributed by atoms with E-state index in [9.17, 15) is 0 Å². The molecule has 0 aliphatic carbocycles. The van der Waals surface area contributed by atoms with Crippen LogP contribution < -0.4 is 4.74 Å². The molecule has 5 aromatic heterocycles. The lowest BCUT2D eigenvalue weighted by atomic mass is 9.86. The quantitative estimate of drug-likeness (QED) is 0.164. The van der Waals surface area contributed by atoms with Crippen LogP contribution in [0.5, 0.6) is 11.5 Å². The lowest BCUT2D eigenvalue weighted by molar-refractivity contribution is 0.484. The molecule has 0 spiro atoms. The first kappa shape index (κ1) is 34.9. The maximum atomic E-state index is 6.81. The lowest BCUT2D eigenvalue weighted by Crippen LogP contribution is -1.99. The molecule has 284 valence electrons. The monoisotopic (exact) mass is 763 g/mol. The van der Waals surface area contributed by atoms with Gasteiger partial charge in [-0.05, 0) is 151 Å². The van der Waals surface area contributed by atoms with Crippen LogP contribution in [-0.4, -0.2) is 23.8 Å². The smallest absolute Gasteiger partial charge is 0.146 e. The van der Waals surface area contributed by atoms with Gasteiger partial charge in [0.05, 0.1) is 17.4 Å². The summed E-state index contributed by atoms with van der Waals surface area (Å²) in [7, 11) is 0. The fourth-order valence-electron chi connectivity index (χ4n) is 9.75. The SMILES string of the molecule is Cc1cccc(C)c1-c1ccc(-c2c(C)cccc2C)c2c1c1ccc(Oc3ccc4c5cccnc5n5c(-c6c(C)cccc6C)cnc5c4c3)cc1c1nccn12. The molecular weight excluding hydrogens is 723 g/mol. The molecule has 6 heteroatoms. The number of hydrogen-bond donors (Lipinski definition) is 0. The Labute approximate surface area is 342 Å². The summed E-state index contributed by atoms with van der Waals surface area (Å²) in [6, 6.07) is 41.1. The number of imidazole rings is 2. The van der Waals surface area contributed by atoms with Gasteiger partial charge in [0.15, 0.2) is 0 Å². The zero-order valence-electron chi connectivity index (χ0n) is 33.9. The molecule has 0 radical (unpaired) electrons. The van der Waals surface area contributed by atoms with Gasteiger partial charge in [-0.3, -0.25) is 8.80 Å². The van der Waals surface area contributed by atoms with E-state index in [1.165, 1.54) is 66.6 Å². The highest BCUT2D eigenvalue weighted by Gasteiger charge is 2.22. The summed E-state index contributed by atoms with van der Waals surface area (Å²) in [5, 5.41) is 6.49. The van der Waals surface area contributed by atoms with E-state index in [4.69, 9.17) is 19.7 Å². The maximum absolute atomic E-state index is 6.81. The number of ether oxygens (including phenoxy) is 1. The molecule has 0 bridgehead atoms. The summed E-state index contributed by atoms with van der Waals surface area (Å²) in [5.41, 5.74) is 18.3. The summed E-state index contributed by atoms with van der Waals surface area (Å²) in [6.45, 7) is 13.1. The third-order valence-electron chi connectivity index (χ3n) is 12.3. The molecule has 0 fully saturated rings. The lowest BCUT2D eigenvalue weighted by Gasteiger charge is -2.21. The van der Waals surface area contributed by atoms with E-state index in [2.05, 4.69) is 160 Å². The van der Waals surface area contributed by atoms with Crippen molar-refractivity contribution in [1.29, 1.82) is 0 Å². The van der Waals surface area contributed by atoms with Crippen molar-refractivity contribution in [3.63, 3.8) is 0 Å². The van der Waals surface area contributed by atoms with Crippen LogP contribution in [-0.2, 0) is 0 Å². The Hall–Kier alpha value is -7.31. The minimum Gasteiger partial charge on any atom is -0.457 e. The van der Waals surface area contributed by atoms with E-state index < -0.39 is 0 Å². The van der Waals surface area contributed by atoms with Crippen LogP contribution in [0.1, 0.15) is 33.4 Å². The molecule has 0 amide bonds. The van der Waals surface area contributed by atoms with Crippen molar-refractivity contribution >= 4 is 54.8 Å². The number of nitrogens with zero attached hydrogens (tertiary/aromatic N) is 5. The molecular formula is C53H41N5O. The van der Waals surface area contributed by atoms with Crippen molar-refractivity contribution in [3.05, 3.63) is 173 Å². The van der Waals surface area contributed by atoms with Crippen LogP contribution in [0.4, 0.5) is 0 Å². The fraction of sp³-hybridized carbons (Fsp3) is 0.113. The number of aryl methyl sites for hydroxylation is 6. The number of hydrogen-bond acceptors (Lipinski definition) is 4. The average molecular weight is 764 g/mol. The number of fused-ring (bicyclic) bond motifs is 12. The molecule has 0 N–H and O–H groups in total. The van der Waals surface area contributed by atoms with Gasteiger partial charge in [-0.15, -0.1) is 0 Å². The highest BCUT2D eigenvalue weighted by molar-refractivity contribution is 6.21. The van der Waals surface area contributed by atoms with E-state index >= 15 is 0 Å². The highest BCUT2D eigenvalue weighted by Crippen LogP contribution is 2.45. The van der Waals surface area contributed by atoms with Crippen molar-refractivity contribution in [3.8, 4) is 45.0 Å². The summed E-state index contributed by atoms with van der Waals surface area (Å²) < 4.78 is 11.3. The second-order valence-electron chi connectivity index (χ2n) is 16.0. The molecule has 11 aromatic rings. The summed E-state index contributed by atoms with van der Waals surface area (Å²) >= 11 is 0. The van der Waals surface area contributed by atoms with Gasteiger partial charge in [0, 0.05) is 51.3 Å². The summed E-state index contributed by atoms with van der Waals surface area (Å²) in [4.78, 5) is 14.9. The molecule has 59 heavy (non-hydrogen) atoms. The summed E-state index contributed by atoms with van der Waals surface area (Å²) in [6.07, 6.45) is 7.84. The van der Waals surface area contributed by atoms with Gasteiger partial charge in [-0.1, -0.05) is 66.7 Å². The van der Waals surface area contributed by atoms with Crippen molar-refractivity contribution in [2.45, 2.75) is 41.5 Å². The van der Waals surface area contributed by atoms with Crippen LogP contribution in [0, 0.1) is 41.5 Å². The van der Waals surface area contributed by atoms with Crippen molar-refractivity contribution in [2.24, 2.45) is 0 Å². The van der Waals surface area contributed by atoms with Gasteiger partial charge < -0.3 is 4.74 Å². The Morgan fingerprint density at radius 1 is 0.441 bits per heavy atom. The Morgan fingerprint density at radius 2 is 0.983 bits per heavy atom. The minimum atomic E-state index is 0.729. The van der Waals surface area contributed by atoms with Gasteiger partial charge >= 0.3 is 0 Å². The largest absolute Gasteiger partial charge is 0.457 e. The summed E-state index contributed by atoms with van der Waals surface area (Å²) in [5.74, 6) is 1.46. The second-order valence-corrected chi connectivity index (χ2v) is 16.0. The third-order valence-corrected chi connectivity index (χ3v) is 12.3.